The molecule has 0 bridgehead atoms. The Kier molecular flexibility index (Phi) is 6.82. The molecule has 0 radical (unpaired) electrons. The first-order valence-corrected chi connectivity index (χ1v) is 10.4. The standard InChI is InChI=1S/C22H25N3O3S/c1-15(2)12-23-21(26)20-11-18(28-24-20)13-25(14-19-5-4-10-29-19)22(27)17-8-6-16(3)7-9-17/h4-11,15H,12-14H2,1-3H3,(H,23,26). The van der Waals surface area contributed by atoms with Crippen molar-refractivity contribution < 1.29 is 14.1 Å². The summed E-state index contributed by atoms with van der Waals surface area (Å²) >= 11 is 1.59. The van der Waals surface area contributed by atoms with Crippen LogP contribution in [0.25, 0.3) is 0 Å². The van der Waals surface area contributed by atoms with Crippen molar-refractivity contribution in [2.45, 2.75) is 33.9 Å². The number of benzene rings is 1. The van der Waals surface area contributed by atoms with E-state index in [0.29, 0.717) is 30.3 Å². The lowest BCUT2D eigenvalue weighted by Gasteiger charge is -2.21. The van der Waals surface area contributed by atoms with Crippen LogP contribution in [0.3, 0.4) is 0 Å². The van der Waals surface area contributed by atoms with Crippen LogP contribution in [0.15, 0.2) is 52.4 Å². The predicted octanol–water partition coefficient (Wildman–Crippen LogP) is 4.27. The minimum absolute atomic E-state index is 0.0967. The summed E-state index contributed by atoms with van der Waals surface area (Å²) in [6.07, 6.45) is 0. The quantitative estimate of drug-likeness (QED) is 0.600. The molecule has 0 spiro atoms. The number of hydrogen-bond acceptors (Lipinski definition) is 5. The van der Waals surface area contributed by atoms with Crippen molar-refractivity contribution in [3.8, 4) is 0 Å². The van der Waals surface area contributed by atoms with Gasteiger partial charge in [-0.15, -0.1) is 11.3 Å². The van der Waals surface area contributed by atoms with Crippen LogP contribution >= 0.6 is 11.3 Å². The van der Waals surface area contributed by atoms with E-state index in [0.717, 1.165) is 10.4 Å². The SMILES string of the molecule is Cc1ccc(C(=O)N(Cc2cc(C(=O)NCC(C)C)no2)Cc2cccs2)cc1. The lowest BCUT2D eigenvalue weighted by molar-refractivity contribution is 0.0715. The van der Waals surface area contributed by atoms with Crippen molar-refractivity contribution in [1.29, 1.82) is 0 Å². The maximum atomic E-state index is 13.1. The number of hydrogen-bond donors (Lipinski definition) is 1. The first kappa shape index (κ1) is 20.8. The molecule has 2 amide bonds. The third-order valence-electron chi connectivity index (χ3n) is 4.32. The fourth-order valence-electron chi connectivity index (χ4n) is 2.74. The molecule has 0 fully saturated rings. The van der Waals surface area contributed by atoms with Crippen LogP contribution in [0.1, 0.15) is 50.9 Å². The third kappa shape index (κ3) is 5.77. The number of nitrogens with zero attached hydrogens (tertiary/aromatic N) is 2. The fraction of sp³-hybridized carbons (Fsp3) is 0.318. The van der Waals surface area contributed by atoms with Gasteiger partial charge in [-0.3, -0.25) is 9.59 Å². The molecule has 0 atom stereocenters. The number of carbonyl (C=O) groups excluding carboxylic acids is 2. The number of nitrogens with one attached hydrogen (secondary N) is 1. The van der Waals surface area contributed by atoms with Gasteiger partial charge in [0.1, 0.15) is 0 Å². The van der Waals surface area contributed by atoms with Gasteiger partial charge < -0.3 is 14.7 Å². The number of aryl methyl sites for hydroxylation is 1. The summed E-state index contributed by atoms with van der Waals surface area (Å²) in [5.41, 5.74) is 1.93. The molecule has 29 heavy (non-hydrogen) atoms. The Morgan fingerprint density at radius 1 is 1.17 bits per heavy atom. The highest BCUT2D eigenvalue weighted by Crippen LogP contribution is 2.18. The summed E-state index contributed by atoms with van der Waals surface area (Å²) in [4.78, 5) is 28.0. The average molecular weight is 412 g/mol. The maximum absolute atomic E-state index is 13.1. The summed E-state index contributed by atoms with van der Waals surface area (Å²) in [6.45, 7) is 7.28. The van der Waals surface area contributed by atoms with Gasteiger partial charge in [-0.25, -0.2) is 0 Å². The van der Waals surface area contributed by atoms with Crippen molar-refractivity contribution in [3.05, 3.63) is 75.3 Å². The summed E-state index contributed by atoms with van der Waals surface area (Å²) in [5, 5.41) is 8.66. The second-order valence-electron chi connectivity index (χ2n) is 7.39. The lowest BCUT2D eigenvalue weighted by atomic mass is 10.1. The van der Waals surface area contributed by atoms with E-state index in [1.807, 2.05) is 62.5 Å². The van der Waals surface area contributed by atoms with Gasteiger partial charge in [0.05, 0.1) is 13.1 Å². The summed E-state index contributed by atoms with van der Waals surface area (Å²) in [5.74, 6) is 0.444. The Morgan fingerprint density at radius 3 is 2.59 bits per heavy atom. The molecule has 2 heterocycles. The van der Waals surface area contributed by atoms with Crippen LogP contribution in [0.2, 0.25) is 0 Å². The molecule has 2 aromatic heterocycles. The smallest absolute Gasteiger partial charge is 0.273 e. The van der Waals surface area contributed by atoms with Crippen LogP contribution in [0.5, 0.6) is 0 Å². The molecule has 1 N–H and O–H groups in total. The zero-order valence-electron chi connectivity index (χ0n) is 16.8. The number of amides is 2. The Labute approximate surface area is 174 Å². The van der Waals surface area contributed by atoms with Crippen molar-refractivity contribution in [1.82, 2.24) is 15.4 Å². The molecular weight excluding hydrogens is 386 g/mol. The van der Waals surface area contributed by atoms with Gasteiger partial charge in [0.15, 0.2) is 11.5 Å². The van der Waals surface area contributed by atoms with Gasteiger partial charge in [-0.2, -0.15) is 0 Å². The Bertz CT molecular complexity index is 946. The topological polar surface area (TPSA) is 75.4 Å². The van der Waals surface area contributed by atoms with Crippen molar-refractivity contribution in [2.75, 3.05) is 6.54 Å². The van der Waals surface area contributed by atoms with E-state index < -0.39 is 0 Å². The Balaban J connectivity index is 1.75. The first-order valence-electron chi connectivity index (χ1n) is 9.54. The van der Waals surface area contributed by atoms with Gasteiger partial charge in [0.25, 0.3) is 11.8 Å². The average Bonchev–Trinajstić information content (AvgIpc) is 3.38. The normalized spacial score (nSPS) is 10.9. The molecule has 3 aromatic rings. The molecule has 0 aliphatic carbocycles. The number of rotatable bonds is 8. The van der Waals surface area contributed by atoms with Crippen LogP contribution in [0, 0.1) is 12.8 Å². The van der Waals surface area contributed by atoms with E-state index >= 15 is 0 Å². The van der Waals surface area contributed by atoms with E-state index in [2.05, 4.69) is 10.5 Å². The number of carbonyl (C=O) groups is 2. The molecule has 0 aliphatic rings. The predicted molar refractivity (Wildman–Crippen MR) is 113 cm³/mol. The molecule has 0 aliphatic heterocycles. The third-order valence-corrected chi connectivity index (χ3v) is 5.18. The molecule has 3 rings (SSSR count). The van der Waals surface area contributed by atoms with Crippen LogP contribution in [-0.2, 0) is 13.1 Å². The molecular formula is C22H25N3O3S. The van der Waals surface area contributed by atoms with E-state index in [1.165, 1.54) is 0 Å². The highest BCUT2D eigenvalue weighted by atomic mass is 32.1. The molecule has 152 valence electrons. The second-order valence-corrected chi connectivity index (χ2v) is 8.42. The van der Waals surface area contributed by atoms with Gasteiger partial charge in [0, 0.05) is 23.1 Å². The van der Waals surface area contributed by atoms with Crippen molar-refractivity contribution in [2.24, 2.45) is 5.92 Å². The zero-order valence-corrected chi connectivity index (χ0v) is 17.7. The second kappa shape index (κ2) is 9.52. The first-order chi connectivity index (χ1) is 13.9. The molecule has 1 aromatic carbocycles. The minimum Gasteiger partial charge on any atom is -0.359 e. The molecule has 0 saturated carbocycles. The van der Waals surface area contributed by atoms with Gasteiger partial charge in [-0.1, -0.05) is 42.8 Å². The zero-order chi connectivity index (χ0) is 20.8. The number of aromatic nitrogens is 1. The molecule has 0 unspecified atom stereocenters. The van der Waals surface area contributed by atoms with Crippen molar-refractivity contribution in [3.63, 3.8) is 0 Å². The molecule has 7 heteroatoms. The summed E-state index contributed by atoms with van der Waals surface area (Å²) in [6, 6.07) is 13.0. The highest BCUT2D eigenvalue weighted by Gasteiger charge is 2.20. The van der Waals surface area contributed by atoms with Gasteiger partial charge in [-0.05, 0) is 36.4 Å². The van der Waals surface area contributed by atoms with Crippen LogP contribution < -0.4 is 5.32 Å². The molecule has 0 saturated heterocycles. The Morgan fingerprint density at radius 2 is 1.93 bits per heavy atom. The van der Waals surface area contributed by atoms with Crippen LogP contribution in [-0.4, -0.2) is 28.4 Å². The Hall–Kier alpha value is -2.93. The van der Waals surface area contributed by atoms with Gasteiger partial charge in [0.2, 0.25) is 0 Å². The van der Waals surface area contributed by atoms with Crippen molar-refractivity contribution >= 4 is 23.2 Å². The van der Waals surface area contributed by atoms with Gasteiger partial charge >= 0.3 is 0 Å². The van der Waals surface area contributed by atoms with E-state index in [9.17, 15) is 9.59 Å². The fourth-order valence-corrected chi connectivity index (χ4v) is 3.46. The van der Waals surface area contributed by atoms with Crippen LogP contribution in [0.4, 0.5) is 0 Å². The van der Waals surface area contributed by atoms with E-state index in [4.69, 9.17) is 4.52 Å². The van der Waals surface area contributed by atoms with E-state index in [1.54, 1.807) is 22.3 Å². The largest absolute Gasteiger partial charge is 0.359 e. The maximum Gasteiger partial charge on any atom is 0.273 e. The monoisotopic (exact) mass is 411 g/mol. The molecule has 6 nitrogen and oxygen atoms in total. The summed E-state index contributed by atoms with van der Waals surface area (Å²) < 4.78 is 5.35. The summed E-state index contributed by atoms with van der Waals surface area (Å²) in [7, 11) is 0. The minimum atomic E-state index is -0.275. The van der Waals surface area contributed by atoms with E-state index in [-0.39, 0.29) is 24.1 Å². The highest BCUT2D eigenvalue weighted by molar-refractivity contribution is 7.09. The number of thiophene rings is 1. The lowest BCUT2D eigenvalue weighted by Crippen LogP contribution is -2.29.